The predicted octanol–water partition coefficient (Wildman–Crippen LogP) is 6.56. The van der Waals surface area contributed by atoms with Crippen LogP contribution in [0, 0.1) is 5.41 Å². The standard InChI is InChI=1S/C31H43N3O4/c1-8-12-18-33-28(35)25(29(36)34(30(33)37)19-13-9-2)16-14-22-20-27(31(5,6)7)38-26-21-23(15-17-24(22)26)32(10-3)11-4/h14-17,20-21H,8-13,18-19H2,1-7H3/b22-14+. The third-order valence-electron chi connectivity index (χ3n) is 6.96. The van der Waals surface area contributed by atoms with E-state index in [1.54, 1.807) is 12.2 Å². The molecular weight excluding hydrogens is 478 g/mol. The largest absolute Gasteiger partial charge is 0.460 e. The highest BCUT2D eigenvalue weighted by Crippen LogP contribution is 2.41. The van der Waals surface area contributed by atoms with Crippen LogP contribution in [0.4, 0.5) is 10.5 Å². The number of barbiturate groups is 1. The van der Waals surface area contributed by atoms with Gasteiger partial charge in [0.2, 0.25) is 0 Å². The van der Waals surface area contributed by atoms with E-state index in [1.165, 1.54) is 9.80 Å². The van der Waals surface area contributed by atoms with E-state index in [-0.39, 0.29) is 11.0 Å². The molecule has 3 rings (SSSR count). The average Bonchev–Trinajstić information content (AvgIpc) is 2.88. The molecule has 2 aliphatic rings. The highest BCUT2D eigenvalue weighted by atomic mass is 16.5. The number of fused-ring (bicyclic) bond motifs is 1. The number of amides is 4. The summed E-state index contributed by atoms with van der Waals surface area (Å²) in [6, 6.07) is 5.64. The van der Waals surface area contributed by atoms with Crippen LogP contribution >= 0.6 is 0 Å². The number of unbranched alkanes of at least 4 members (excludes halogenated alkanes) is 2. The lowest BCUT2D eigenvalue weighted by molar-refractivity contribution is -0.136. The minimum Gasteiger partial charge on any atom is -0.460 e. The van der Waals surface area contributed by atoms with Crippen molar-refractivity contribution in [2.24, 2.45) is 5.41 Å². The third kappa shape index (κ3) is 6.20. The predicted molar refractivity (Wildman–Crippen MR) is 153 cm³/mol. The lowest BCUT2D eigenvalue weighted by Crippen LogP contribution is -2.56. The normalized spacial score (nSPS) is 17.0. The van der Waals surface area contributed by atoms with Crippen LogP contribution in [-0.2, 0) is 9.59 Å². The Balaban J connectivity index is 2.09. The zero-order valence-electron chi connectivity index (χ0n) is 24.1. The van der Waals surface area contributed by atoms with Gasteiger partial charge in [-0.1, -0.05) is 53.5 Å². The number of hydrogen-bond acceptors (Lipinski definition) is 5. The van der Waals surface area contributed by atoms with E-state index in [2.05, 4.69) is 51.7 Å². The Bertz CT molecular complexity index is 1120. The van der Waals surface area contributed by atoms with Crippen molar-refractivity contribution >= 4 is 29.1 Å². The SMILES string of the molecule is CCCCN1C(=O)C(=C/C=C2\C=C(C(C)(C)C)Oc3cc(N(CC)CC)ccc32)C(=O)N(CCCC)C1=O. The van der Waals surface area contributed by atoms with Crippen molar-refractivity contribution in [3.05, 3.63) is 53.3 Å². The van der Waals surface area contributed by atoms with Crippen LogP contribution in [0.5, 0.6) is 5.75 Å². The molecule has 4 amide bonds. The van der Waals surface area contributed by atoms with Crippen molar-refractivity contribution in [2.45, 2.75) is 74.1 Å². The Hall–Kier alpha value is -3.35. The minimum absolute atomic E-state index is 0.0165. The van der Waals surface area contributed by atoms with Gasteiger partial charge >= 0.3 is 6.03 Å². The number of benzene rings is 1. The molecule has 2 heterocycles. The van der Waals surface area contributed by atoms with Crippen LogP contribution in [0.1, 0.15) is 79.7 Å². The summed E-state index contributed by atoms with van der Waals surface area (Å²) < 4.78 is 6.36. The Morgan fingerprint density at radius 1 is 0.868 bits per heavy atom. The number of allylic oxidation sites excluding steroid dienone is 5. The number of anilines is 1. The summed E-state index contributed by atoms with van der Waals surface area (Å²) in [6.45, 7) is 16.9. The van der Waals surface area contributed by atoms with Crippen LogP contribution < -0.4 is 9.64 Å². The molecule has 0 spiro atoms. The van der Waals surface area contributed by atoms with Crippen molar-refractivity contribution in [2.75, 3.05) is 31.1 Å². The molecule has 0 aromatic heterocycles. The molecule has 7 nitrogen and oxygen atoms in total. The molecule has 0 atom stereocenters. The fraction of sp³-hybridized carbons (Fsp3) is 0.516. The molecule has 0 radical (unpaired) electrons. The molecule has 1 aromatic carbocycles. The van der Waals surface area contributed by atoms with Gasteiger partial charge in [-0.15, -0.1) is 0 Å². The smallest absolute Gasteiger partial charge is 0.333 e. The number of imide groups is 2. The first kappa shape index (κ1) is 29.2. The second kappa shape index (κ2) is 12.5. The molecule has 0 bridgehead atoms. The summed E-state index contributed by atoms with van der Waals surface area (Å²) in [5, 5.41) is 0. The van der Waals surface area contributed by atoms with Crippen molar-refractivity contribution < 1.29 is 19.1 Å². The second-order valence-corrected chi connectivity index (χ2v) is 10.8. The van der Waals surface area contributed by atoms with E-state index in [0.29, 0.717) is 25.9 Å². The first-order valence-electron chi connectivity index (χ1n) is 14.0. The number of urea groups is 1. The van der Waals surface area contributed by atoms with Crippen molar-refractivity contribution in [3.8, 4) is 5.75 Å². The highest BCUT2D eigenvalue weighted by Gasteiger charge is 2.41. The summed E-state index contributed by atoms with van der Waals surface area (Å²) in [4.78, 5) is 44.3. The fourth-order valence-corrected chi connectivity index (χ4v) is 4.54. The summed E-state index contributed by atoms with van der Waals surface area (Å²) in [6.07, 6.45) is 8.43. The number of carbonyl (C=O) groups is 3. The molecule has 0 N–H and O–H groups in total. The number of ether oxygens (including phenoxy) is 1. The second-order valence-electron chi connectivity index (χ2n) is 10.8. The summed E-state index contributed by atoms with van der Waals surface area (Å²) >= 11 is 0. The van der Waals surface area contributed by atoms with E-state index < -0.39 is 17.8 Å². The van der Waals surface area contributed by atoms with Gasteiger partial charge in [-0.2, -0.15) is 0 Å². The van der Waals surface area contributed by atoms with E-state index in [9.17, 15) is 14.4 Å². The van der Waals surface area contributed by atoms with Gasteiger partial charge in [0.15, 0.2) is 0 Å². The van der Waals surface area contributed by atoms with E-state index >= 15 is 0 Å². The van der Waals surface area contributed by atoms with E-state index in [0.717, 1.165) is 54.3 Å². The van der Waals surface area contributed by atoms with Gasteiger partial charge < -0.3 is 9.64 Å². The molecule has 0 unspecified atom stereocenters. The quantitative estimate of drug-likeness (QED) is 0.258. The Kier molecular flexibility index (Phi) is 9.58. The molecule has 1 aromatic rings. The van der Waals surface area contributed by atoms with Crippen LogP contribution in [0.3, 0.4) is 0 Å². The van der Waals surface area contributed by atoms with E-state index in [4.69, 9.17) is 4.74 Å². The summed E-state index contributed by atoms with van der Waals surface area (Å²) in [5.74, 6) is 0.499. The zero-order valence-corrected chi connectivity index (χ0v) is 24.1. The zero-order chi connectivity index (χ0) is 28.0. The lowest BCUT2D eigenvalue weighted by atomic mass is 9.89. The molecule has 38 heavy (non-hydrogen) atoms. The van der Waals surface area contributed by atoms with E-state index in [1.807, 2.05) is 26.0 Å². The monoisotopic (exact) mass is 521 g/mol. The Morgan fingerprint density at radius 2 is 1.45 bits per heavy atom. The number of rotatable bonds is 10. The molecule has 1 saturated heterocycles. The summed E-state index contributed by atoms with van der Waals surface area (Å²) in [7, 11) is 0. The molecule has 2 aliphatic heterocycles. The Morgan fingerprint density at radius 3 is 1.95 bits per heavy atom. The molecular formula is C31H43N3O4. The molecule has 0 aliphatic carbocycles. The highest BCUT2D eigenvalue weighted by molar-refractivity contribution is 6.28. The average molecular weight is 522 g/mol. The van der Waals surface area contributed by atoms with Gasteiger partial charge in [-0.05, 0) is 56.5 Å². The number of nitrogens with zero attached hydrogens (tertiary/aromatic N) is 3. The molecule has 1 fully saturated rings. The Labute approximate surface area is 227 Å². The van der Waals surface area contributed by atoms with Crippen LogP contribution in [0.25, 0.3) is 5.57 Å². The van der Waals surface area contributed by atoms with Crippen molar-refractivity contribution in [3.63, 3.8) is 0 Å². The maximum absolute atomic E-state index is 13.3. The molecule has 206 valence electrons. The maximum atomic E-state index is 13.3. The molecule has 7 heteroatoms. The third-order valence-corrected chi connectivity index (χ3v) is 6.96. The van der Waals surface area contributed by atoms with Crippen LogP contribution in [-0.4, -0.2) is 53.8 Å². The molecule has 0 saturated carbocycles. The minimum atomic E-state index is -0.526. The lowest BCUT2D eigenvalue weighted by Gasteiger charge is -2.34. The van der Waals surface area contributed by atoms with Gasteiger partial charge in [0, 0.05) is 48.9 Å². The number of carbonyl (C=O) groups excluding carboxylic acids is 3. The van der Waals surface area contributed by atoms with Gasteiger partial charge in [-0.25, -0.2) is 4.79 Å². The van der Waals surface area contributed by atoms with Crippen molar-refractivity contribution in [1.82, 2.24) is 9.80 Å². The van der Waals surface area contributed by atoms with Crippen LogP contribution in [0.2, 0.25) is 0 Å². The van der Waals surface area contributed by atoms with Crippen molar-refractivity contribution in [1.29, 1.82) is 0 Å². The number of hydrogen-bond donors (Lipinski definition) is 0. The fourth-order valence-electron chi connectivity index (χ4n) is 4.54. The van der Waals surface area contributed by atoms with Gasteiger partial charge in [0.25, 0.3) is 11.8 Å². The summed E-state index contributed by atoms with van der Waals surface area (Å²) in [5.41, 5.74) is 2.60. The van der Waals surface area contributed by atoms with Crippen LogP contribution in [0.15, 0.2) is 47.8 Å². The first-order valence-corrected chi connectivity index (χ1v) is 14.0. The maximum Gasteiger partial charge on any atom is 0.333 e. The van der Waals surface area contributed by atoms with Gasteiger partial charge in [0.05, 0.1) is 0 Å². The topological polar surface area (TPSA) is 70.2 Å². The van der Waals surface area contributed by atoms with Gasteiger partial charge in [-0.3, -0.25) is 19.4 Å². The first-order chi connectivity index (χ1) is 18.1. The van der Waals surface area contributed by atoms with Gasteiger partial charge in [0.1, 0.15) is 17.1 Å².